The lowest BCUT2D eigenvalue weighted by Gasteiger charge is -2.08. The molecule has 0 aliphatic rings. The second-order valence-corrected chi connectivity index (χ2v) is 9.46. The van der Waals surface area contributed by atoms with Gasteiger partial charge in [0.1, 0.15) is 29.1 Å². The van der Waals surface area contributed by atoms with Crippen LogP contribution in [0.2, 0.25) is 0 Å². The number of allylic oxidation sites excluding steroid dienone is 1. The van der Waals surface area contributed by atoms with Gasteiger partial charge in [-0.25, -0.2) is 4.79 Å². The Kier molecular flexibility index (Phi) is 7.24. The highest BCUT2D eigenvalue weighted by Gasteiger charge is 2.19. The van der Waals surface area contributed by atoms with Crippen molar-refractivity contribution in [2.24, 2.45) is 0 Å². The summed E-state index contributed by atoms with van der Waals surface area (Å²) in [6, 6.07) is 12.5. The fourth-order valence-corrected chi connectivity index (χ4v) is 4.16. The summed E-state index contributed by atoms with van der Waals surface area (Å²) in [6.45, 7) is 4.39. The molecule has 11 nitrogen and oxygen atoms in total. The molecule has 0 amide bonds. The highest BCUT2D eigenvalue weighted by molar-refractivity contribution is 6.00. The van der Waals surface area contributed by atoms with Gasteiger partial charge in [-0.2, -0.15) is 0 Å². The average molecular weight is 573 g/mol. The van der Waals surface area contributed by atoms with Crippen molar-refractivity contribution in [2.75, 3.05) is 6.61 Å². The van der Waals surface area contributed by atoms with E-state index in [1.807, 2.05) is 32.1 Å². The standard InChI is InChI=1S/C16H14O4.C15H10O7/c1-10(2)5-7-19-16-14-12(6-8-18-14)9-11-3-4-13(17)20-15(11)16;16-7-4-10(19)12-11(5-7)22-15(14(21)13(12)20)6-1-2-8(17)9(18)3-6/h3-6,8-9H,7H2,1-2H3;1-5,16-19,21H. The second-order valence-electron chi connectivity index (χ2n) is 9.46. The number of phenols is 4. The summed E-state index contributed by atoms with van der Waals surface area (Å²) in [6.07, 6.45) is 3.55. The third-order valence-electron chi connectivity index (χ3n) is 6.18. The molecule has 3 aromatic carbocycles. The van der Waals surface area contributed by atoms with E-state index < -0.39 is 28.3 Å². The van der Waals surface area contributed by atoms with Crippen LogP contribution in [-0.4, -0.2) is 32.1 Å². The molecule has 0 saturated heterocycles. The number of hydrogen-bond donors (Lipinski definition) is 5. The monoisotopic (exact) mass is 572 g/mol. The number of hydrogen-bond acceptors (Lipinski definition) is 11. The lowest BCUT2D eigenvalue weighted by Crippen LogP contribution is -2.02. The van der Waals surface area contributed by atoms with Gasteiger partial charge in [-0.3, -0.25) is 4.79 Å². The number of aromatic hydroxyl groups is 5. The summed E-state index contributed by atoms with van der Waals surface area (Å²) in [5.41, 5.74) is 0.868. The molecule has 3 aromatic heterocycles. The molecular formula is C31H24O11. The summed E-state index contributed by atoms with van der Waals surface area (Å²) in [5, 5.41) is 49.4. The van der Waals surface area contributed by atoms with Gasteiger partial charge in [-0.05, 0) is 56.3 Å². The van der Waals surface area contributed by atoms with E-state index in [1.54, 1.807) is 12.3 Å². The van der Waals surface area contributed by atoms with Crippen molar-refractivity contribution in [3.8, 4) is 45.8 Å². The number of fused-ring (bicyclic) bond motifs is 3. The molecule has 6 aromatic rings. The van der Waals surface area contributed by atoms with Crippen molar-refractivity contribution < 1.29 is 43.5 Å². The highest BCUT2D eigenvalue weighted by atomic mass is 16.5. The van der Waals surface area contributed by atoms with Gasteiger partial charge in [0.25, 0.3) is 0 Å². The minimum atomic E-state index is -0.888. The van der Waals surface area contributed by atoms with E-state index in [0.29, 0.717) is 23.5 Å². The fraction of sp³-hybridized carbons (Fsp3) is 0.0968. The number of furan rings is 1. The smallest absolute Gasteiger partial charge is 0.336 e. The first-order valence-corrected chi connectivity index (χ1v) is 12.5. The maximum absolute atomic E-state index is 12.1. The molecular weight excluding hydrogens is 548 g/mol. The van der Waals surface area contributed by atoms with Crippen molar-refractivity contribution >= 4 is 32.9 Å². The van der Waals surface area contributed by atoms with Gasteiger partial charge in [-0.15, -0.1) is 0 Å². The van der Waals surface area contributed by atoms with E-state index in [4.69, 9.17) is 18.0 Å². The molecule has 0 saturated carbocycles. The van der Waals surface area contributed by atoms with Gasteiger partial charge in [0.2, 0.25) is 16.9 Å². The zero-order valence-electron chi connectivity index (χ0n) is 22.2. The zero-order chi connectivity index (χ0) is 30.1. The van der Waals surface area contributed by atoms with Gasteiger partial charge >= 0.3 is 5.63 Å². The van der Waals surface area contributed by atoms with Crippen LogP contribution in [0.15, 0.2) is 95.4 Å². The van der Waals surface area contributed by atoms with Gasteiger partial charge < -0.3 is 43.5 Å². The van der Waals surface area contributed by atoms with E-state index in [0.717, 1.165) is 40.6 Å². The molecule has 0 radical (unpaired) electrons. The summed E-state index contributed by atoms with van der Waals surface area (Å²) < 4.78 is 21.8. The highest BCUT2D eigenvalue weighted by Crippen LogP contribution is 2.38. The van der Waals surface area contributed by atoms with Crippen LogP contribution in [0.1, 0.15) is 13.8 Å². The predicted molar refractivity (Wildman–Crippen MR) is 153 cm³/mol. The Hall–Kier alpha value is -5.84. The van der Waals surface area contributed by atoms with Crippen LogP contribution in [0.4, 0.5) is 0 Å². The summed E-state index contributed by atoms with van der Waals surface area (Å²) >= 11 is 0. The van der Waals surface area contributed by atoms with Crippen LogP contribution in [0.25, 0.3) is 44.2 Å². The molecule has 3 heterocycles. The summed E-state index contributed by atoms with van der Waals surface area (Å²) in [5.74, 6) is -2.24. The minimum absolute atomic E-state index is 0.134. The molecule has 0 spiro atoms. The molecule has 0 aliphatic heterocycles. The Balaban J connectivity index is 0.000000169. The van der Waals surface area contributed by atoms with Crippen molar-refractivity contribution in [1.29, 1.82) is 0 Å². The van der Waals surface area contributed by atoms with Crippen LogP contribution in [0.3, 0.4) is 0 Å². The molecule has 0 unspecified atom stereocenters. The molecule has 42 heavy (non-hydrogen) atoms. The normalized spacial score (nSPS) is 10.9. The third-order valence-corrected chi connectivity index (χ3v) is 6.18. The van der Waals surface area contributed by atoms with Gasteiger partial charge in [0.15, 0.2) is 28.4 Å². The Labute approximate surface area is 236 Å². The Morgan fingerprint density at radius 2 is 1.57 bits per heavy atom. The Morgan fingerprint density at radius 3 is 2.31 bits per heavy atom. The van der Waals surface area contributed by atoms with E-state index in [9.17, 15) is 35.1 Å². The summed E-state index contributed by atoms with van der Waals surface area (Å²) in [4.78, 5) is 23.6. The van der Waals surface area contributed by atoms with E-state index >= 15 is 0 Å². The number of phenolic OH excluding ortho intramolecular Hbond substituents is 4. The number of ether oxygens (including phenoxy) is 1. The van der Waals surface area contributed by atoms with Crippen LogP contribution in [0, 0.1) is 0 Å². The topological polar surface area (TPSA) is 184 Å². The van der Waals surface area contributed by atoms with Crippen molar-refractivity contribution in [2.45, 2.75) is 13.8 Å². The van der Waals surface area contributed by atoms with Crippen LogP contribution < -0.4 is 15.8 Å². The fourth-order valence-electron chi connectivity index (χ4n) is 4.16. The first kappa shape index (κ1) is 27.7. The molecule has 11 heteroatoms. The van der Waals surface area contributed by atoms with E-state index in [2.05, 4.69) is 0 Å². The van der Waals surface area contributed by atoms with Crippen LogP contribution in [0.5, 0.6) is 34.5 Å². The largest absolute Gasteiger partial charge is 0.508 e. The maximum Gasteiger partial charge on any atom is 0.336 e. The first-order valence-electron chi connectivity index (χ1n) is 12.5. The van der Waals surface area contributed by atoms with Gasteiger partial charge in [-0.1, -0.05) is 5.57 Å². The van der Waals surface area contributed by atoms with E-state index in [1.165, 1.54) is 12.1 Å². The van der Waals surface area contributed by atoms with Gasteiger partial charge in [0.05, 0.1) is 6.26 Å². The van der Waals surface area contributed by atoms with Gasteiger partial charge in [0, 0.05) is 34.5 Å². The average Bonchev–Trinajstić information content (AvgIpc) is 3.40. The third kappa shape index (κ3) is 5.30. The second kappa shape index (κ2) is 11.0. The molecule has 0 fully saturated rings. The molecule has 5 N–H and O–H groups in total. The summed E-state index contributed by atoms with van der Waals surface area (Å²) in [7, 11) is 0. The van der Waals surface area contributed by atoms with Crippen LogP contribution >= 0.6 is 0 Å². The van der Waals surface area contributed by atoms with Crippen molar-refractivity contribution in [1.82, 2.24) is 0 Å². The van der Waals surface area contributed by atoms with Crippen LogP contribution in [-0.2, 0) is 0 Å². The lowest BCUT2D eigenvalue weighted by molar-refractivity contribution is 0.355. The first-order chi connectivity index (χ1) is 20.0. The SMILES string of the molecule is CC(C)=CCOc1c2occc2cc2ccc(=O)oc12.O=c1c(O)c(-c2ccc(O)c(O)c2)oc2cc(O)cc(O)c12. The number of benzene rings is 3. The van der Waals surface area contributed by atoms with Crippen molar-refractivity contribution in [3.05, 3.63) is 93.2 Å². The molecule has 0 bridgehead atoms. The maximum atomic E-state index is 12.1. The molecule has 214 valence electrons. The molecule has 0 aliphatic carbocycles. The Morgan fingerprint density at radius 1 is 0.810 bits per heavy atom. The van der Waals surface area contributed by atoms with Crippen molar-refractivity contribution in [3.63, 3.8) is 0 Å². The van der Waals surface area contributed by atoms with E-state index in [-0.39, 0.29) is 33.8 Å². The molecule has 0 atom stereocenters. The quantitative estimate of drug-likeness (QED) is 0.0966. The Bertz CT molecular complexity index is 2110. The zero-order valence-corrected chi connectivity index (χ0v) is 22.2. The lowest BCUT2D eigenvalue weighted by atomic mass is 10.1. The minimum Gasteiger partial charge on any atom is -0.508 e. The number of rotatable bonds is 4. The molecule has 6 rings (SSSR count). The predicted octanol–water partition coefficient (Wildman–Crippen LogP) is 5.87.